The van der Waals surface area contributed by atoms with Gasteiger partial charge in [0.1, 0.15) is 5.75 Å². The van der Waals surface area contributed by atoms with Crippen molar-refractivity contribution in [1.29, 1.82) is 0 Å². The van der Waals surface area contributed by atoms with E-state index in [-0.39, 0.29) is 11.9 Å². The van der Waals surface area contributed by atoms with Gasteiger partial charge in [0.25, 0.3) is 5.91 Å². The molecule has 3 rings (SSSR count). The molecule has 0 saturated heterocycles. The first-order valence-electron chi connectivity index (χ1n) is 9.16. The number of urea groups is 1. The van der Waals surface area contributed by atoms with Crippen molar-refractivity contribution in [2.24, 2.45) is 0 Å². The number of hydrogen-bond donors (Lipinski definition) is 2. The fourth-order valence-electron chi connectivity index (χ4n) is 2.85. The minimum Gasteiger partial charge on any atom is -0.497 e. The van der Waals surface area contributed by atoms with Crippen LogP contribution in [0.15, 0.2) is 78.9 Å². The summed E-state index contributed by atoms with van der Waals surface area (Å²) < 4.78 is 5.22. The van der Waals surface area contributed by atoms with E-state index in [0.29, 0.717) is 23.5 Å². The molecule has 6 nitrogen and oxygen atoms in total. The number of methoxy groups -OCH3 is 1. The van der Waals surface area contributed by atoms with Crippen LogP contribution < -0.4 is 15.4 Å². The van der Waals surface area contributed by atoms with Gasteiger partial charge in [-0.15, -0.1) is 0 Å². The van der Waals surface area contributed by atoms with E-state index in [9.17, 15) is 9.59 Å². The maximum absolute atomic E-state index is 12.7. The Morgan fingerprint density at radius 1 is 0.862 bits per heavy atom. The number of para-hydroxylation sites is 1. The predicted octanol–water partition coefficient (Wildman–Crippen LogP) is 4.61. The van der Waals surface area contributed by atoms with Crippen LogP contribution in [0.5, 0.6) is 5.75 Å². The molecular formula is C23H23N3O3. The van der Waals surface area contributed by atoms with Gasteiger partial charge in [-0.25, -0.2) is 4.79 Å². The number of rotatable bonds is 6. The molecule has 0 spiro atoms. The highest BCUT2D eigenvalue weighted by molar-refractivity contribution is 6.00. The second kappa shape index (κ2) is 9.41. The van der Waals surface area contributed by atoms with Crippen molar-refractivity contribution in [1.82, 2.24) is 4.90 Å². The summed E-state index contributed by atoms with van der Waals surface area (Å²) in [5.41, 5.74) is 2.84. The van der Waals surface area contributed by atoms with Crippen LogP contribution >= 0.6 is 0 Å². The molecule has 0 aliphatic rings. The smallest absolute Gasteiger partial charge is 0.323 e. The third kappa shape index (κ3) is 5.59. The highest BCUT2D eigenvalue weighted by Crippen LogP contribution is 2.16. The molecule has 0 radical (unpaired) electrons. The third-order valence-corrected chi connectivity index (χ3v) is 4.32. The number of carbonyl (C=O) groups is 2. The number of anilines is 2. The molecule has 0 bridgehead atoms. The highest BCUT2D eigenvalue weighted by atomic mass is 16.5. The van der Waals surface area contributed by atoms with E-state index in [1.54, 1.807) is 55.5 Å². The van der Waals surface area contributed by atoms with Crippen LogP contribution in [0.3, 0.4) is 0 Å². The lowest BCUT2D eigenvalue weighted by Gasteiger charge is -2.18. The minimum absolute atomic E-state index is 0.104. The lowest BCUT2D eigenvalue weighted by molar-refractivity contribution is 0.0785. The largest absolute Gasteiger partial charge is 0.497 e. The van der Waals surface area contributed by atoms with Crippen LogP contribution in [-0.2, 0) is 6.54 Å². The van der Waals surface area contributed by atoms with Crippen molar-refractivity contribution in [3.63, 3.8) is 0 Å². The van der Waals surface area contributed by atoms with Gasteiger partial charge in [0, 0.05) is 30.5 Å². The van der Waals surface area contributed by atoms with Crippen molar-refractivity contribution < 1.29 is 14.3 Å². The molecule has 3 amide bonds. The first kappa shape index (κ1) is 19.9. The monoisotopic (exact) mass is 389 g/mol. The molecule has 3 aromatic rings. The topological polar surface area (TPSA) is 70.7 Å². The van der Waals surface area contributed by atoms with Gasteiger partial charge in [0.05, 0.1) is 7.11 Å². The lowest BCUT2D eigenvalue weighted by atomic mass is 10.1. The van der Waals surface area contributed by atoms with E-state index in [1.807, 2.05) is 42.5 Å². The Morgan fingerprint density at radius 2 is 1.52 bits per heavy atom. The zero-order chi connectivity index (χ0) is 20.6. The van der Waals surface area contributed by atoms with E-state index in [0.717, 1.165) is 11.3 Å². The number of carbonyl (C=O) groups excluding carboxylic acids is 2. The van der Waals surface area contributed by atoms with Gasteiger partial charge >= 0.3 is 6.03 Å². The molecule has 0 aliphatic heterocycles. The molecule has 0 unspecified atom stereocenters. The second-order valence-electron chi connectivity index (χ2n) is 6.54. The predicted molar refractivity (Wildman–Crippen MR) is 114 cm³/mol. The SMILES string of the molecule is COc1cccc(CN(C)C(=O)c2ccc(NC(=O)Nc3ccccc3)cc2)c1. The first-order chi connectivity index (χ1) is 14.0. The van der Waals surface area contributed by atoms with Gasteiger partial charge in [-0.2, -0.15) is 0 Å². The zero-order valence-electron chi connectivity index (χ0n) is 16.4. The fraction of sp³-hybridized carbons (Fsp3) is 0.130. The Morgan fingerprint density at radius 3 is 2.17 bits per heavy atom. The second-order valence-corrected chi connectivity index (χ2v) is 6.54. The number of amides is 3. The minimum atomic E-state index is -0.342. The standard InChI is InChI=1S/C23H23N3O3/c1-26(16-17-7-6-10-21(15-17)29-2)22(27)18-11-13-20(14-12-18)25-23(28)24-19-8-4-3-5-9-19/h3-15H,16H2,1-2H3,(H2,24,25,28). The highest BCUT2D eigenvalue weighted by Gasteiger charge is 2.13. The Bertz CT molecular complexity index is 972. The maximum Gasteiger partial charge on any atom is 0.323 e. The van der Waals surface area contributed by atoms with Crippen LogP contribution in [0.2, 0.25) is 0 Å². The van der Waals surface area contributed by atoms with E-state index in [2.05, 4.69) is 10.6 Å². The summed E-state index contributed by atoms with van der Waals surface area (Å²) in [6.07, 6.45) is 0. The fourth-order valence-corrected chi connectivity index (χ4v) is 2.85. The molecule has 148 valence electrons. The van der Waals surface area contributed by atoms with E-state index in [1.165, 1.54) is 0 Å². The Hall–Kier alpha value is -3.80. The van der Waals surface area contributed by atoms with Gasteiger partial charge in [0.15, 0.2) is 0 Å². The molecule has 0 aliphatic carbocycles. The Labute approximate surface area is 170 Å². The van der Waals surface area contributed by atoms with Crippen molar-refractivity contribution in [2.75, 3.05) is 24.8 Å². The van der Waals surface area contributed by atoms with E-state index < -0.39 is 0 Å². The summed E-state index contributed by atoms with van der Waals surface area (Å²) in [4.78, 5) is 26.4. The molecule has 0 atom stereocenters. The third-order valence-electron chi connectivity index (χ3n) is 4.32. The Kier molecular flexibility index (Phi) is 6.47. The van der Waals surface area contributed by atoms with Crippen molar-refractivity contribution in [3.05, 3.63) is 90.0 Å². The summed E-state index contributed by atoms with van der Waals surface area (Å²) >= 11 is 0. The number of benzene rings is 3. The van der Waals surface area contributed by atoms with Gasteiger partial charge in [-0.3, -0.25) is 4.79 Å². The van der Waals surface area contributed by atoms with Crippen molar-refractivity contribution >= 4 is 23.3 Å². The lowest BCUT2D eigenvalue weighted by Crippen LogP contribution is -2.26. The molecule has 6 heteroatoms. The number of nitrogens with one attached hydrogen (secondary N) is 2. The average molecular weight is 389 g/mol. The molecule has 2 N–H and O–H groups in total. The molecule has 0 heterocycles. The first-order valence-corrected chi connectivity index (χ1v) is 9.16. The maximum atomic E-state index is 12.7. The molecule has 29 heavy (non-hydrogen) atoms. The number of nitrogens with zero attached hydrogens (tertiary/aromatic N) is 1. The molecule has 0 aromatic heterocycles. The van der Waals surface area contributed by atoms with Gasteiger partial charge in [-0.1, -0.05) is 30.3 Å². The molecule has 3 aromatic carbocycles. The van der Waals surface area contributed by atoms with Crippen molar-refractivity contribution in [3.8, 4) is 5.75 Å². The number of hydrogen-bond acceptors (Lipinski definition) is 3. The van der Waals surface area contributed by atoms with Crippen LogP contribution in [0.25, 0.3) is 0 Å². The van der Waals surface area contributed by atoms with Gasteiger partial charge in [-0.05, 0) is 54.1 Å². The van der Waals surface area contributed by atoms with Crippen LogP contribution in [0.1, 0.15) is 15.9 Å². The van der Waals surface area contributed by atoms with Crippen LogP contribution in [-0.4, -0.2) is 31.0 Å². The summed E-state index contributed by atoms with van der Waals surface area (Å²) in [5, 5.41) is 5.50. The summed E-state index contributed by atoms with van der Waals surface area (Å²) in [7, 11) is 3.37. The zero-order valence-corrected chi connectivity index (χ0v) is 16.4. The quantitative estimate of drug-likeness (QED) is 0.647. The summed E-state index contributed by atoms with van der Waals surface area (Å²) in [6, 6.07) is 23.3. The van der Waals surface area contributed by atoms with Crippen LogP contribution in [0.4, 0.5) is 16.2 Å². The molecular weight excluding hydrogens is 366 g/mol. The van der Waals surface area contributed by atoms with Crippen LogP contribution in [0, 0.1) is 0 Å². The summed E-state index contributed by atoms with van der Waals surface area (Å²) in [5.74, 6) is 0.653. The average Bonchev–Trinajstić information content (AvgIpc) is 2.74. The van der Waals surface area contributed by atoms with E-state index in [4.69, 9.17) is 4.74 Å². The van der Waals surface area contributed by atoms with E-state index >= 15 is 0 Å². The Balaban J connectivity index is 1.58. The normalized spacial score (nSPS) is 10.1. The van der Waals surface area contributed by atoms with Gasteiger partial charge < -0.3 is 20.3 Å². The number of ether oxygens (including phenoxy) is 1. The molecule has 0 saturated carbocycles. The van der Waals surface area contributed by atoms with Crippen molar-refractivity contribution in [2.45, 2.75) is 6.54 Å². The summed E-state index contributed by atoms with van der Waals surface area (Å²) in [6.45, 7) is 0.468. The molecule has 0 fully saturated rings. The van der Waals surface area contributed by atoms with Gasteiger partial charge in [0.2, 0.25) is 0 Å².